The van der Waals surface area contributed by atoms with Gasteiger partial charge in [0.05, 0.1) is 7.11 Å². The Morgan fingerprint density at radius 3 is 2.80 bits per heavy atom. The lowest BCUT2D eigenvalue weighted by atomic mass is 9.81. The predicted molar refractivity (Wildman–Crippen MR) is 57.5 cm³/mol. The van der Waals surface area contributed by atoms with Crippen LogP contribution in [0.2, 0.25) is 0 Å². The molecule has 2 rings (SSSR count). The molecule has 0 fully saturated rings. The van der Waals surface area contributed by atoms with E-state index >= 15 is 0 Å². The molecule has 1 aromatic rings. The number of rotatable bonds is 1. The molecule has 0 bridgehead atoms. The van der Waals surface area contributed by atoms with Crippen LogP contribution in [0, 0.1) is 5.82 Å². The molecule has 0 saturated heterocycles. The van der Waals surface area contributed by atoms with E-state index in [4.69, 9.17) is 10.5 Å². The highest BCUT2D eigenvalue weighted by atomic mass is 19.1. The number of methoxy groups -OCH3 is 1. The highest BCUT2D eigenvalue weighted by Gasteiger charge is 2.26. The second kappa shape index (κ2) is 3.81. The Hall–Kier alpha value is -1.09. The standard InChI is InChI=1S/C12H16FNO/c1-7-3-4-11(14)9-5-8(15-2)6-10(13)12(7)9/h5-7,11H,3-4,14H2,1-2H3/t7?,11-/m0/s1. The van der Waals surface area contributed by atoms with Gasteiger partial charge in [-0.1, -0.05) is 6.92 Å². The van der Waals surface area contributed by atoms with Crippen LogP contribution in [0.15, 0.2) is 12.1 Å². The highest BCUT2D eigenvalue weighted by molar-refractivity contribution is 5.42. The summed E-state index contributed by atoms with van der Waals surface area (Å²) in [6.07, 6.45) is 1.87. The second-order valence-electron chi connectivity index (χ2n) is 4.20. The van der Waals surface area contributed by atoms with Crippen LogP contribution in [-0.4, -0.2) is 7.11 Å². The summed E-state index contributed by atoms with van der Waals surface area (Å²) in [7, 11) is 1.54. The normalized spacial score (nSPS) is 24.8. The van der Waals surface area contributed by atoms with E-state index in [1.807, 2.05) is 13.0 Å². The Kier molecular flexibility index (Phi) is 2.65. The van der Waals surface area contributed by atoms with Crippen LogP contribution in [-0.2, 0) is 0 Å². The Balaban J connectivity index is 2.56. The summed E-state index contributed by atoms with van der Waals surface area (Å²) in [6, 6.07) is 3.24. The second-order valence-corrected chi connectivity index (χ2v) is 4.20. The van der Waals surface area contributed by atoms with Crippen molar-refractivity contribution in [1.29, 1.82) is 0 Å². The van der Waals surface area contributed by atoms with Crippen LogP contribution in [0.5, 0.6) is 5.75 Å². The van der Waals surface area contributed by atoms with Gasteiger partial charge in [0.2, 0.25) is 0 Å². The summed E-state index contributed by atoms with van der Waals surface area (Å²) in [5.74, 6) is 0.619. The maximum absolute atomic E-state index is 13.8. The van der Waals surface area contributed by atoms with E-state index < -0.39 is 0 Å². The lowest BCUT2D eigenvalue weighted by molar-refractivity contribution is 0.404. The minimum absolute atomic E-state index is 0.0548. The van der Waals surface area contributed by atoms with Crippen LogP contribution in [0.4, 0.5) is 4.39 Å². The van der Waals surface area contributed by atoms with Gasteiger partial charge in [0.25, 0.3) is 0 Å². The zero-order valence-corrected chi connectivity index (χ0v) is 9.09. The Bertz CT molecular complexity index is 378. The molecule has 1 aliphatic carbocycles. The van der Waals surface area contributed by atoms with E-state index in [2.05, 4.69) is 0 Å². The average molecular weight is 209 g/mol. The van der Waals surface area contributed by atoms with E-state index in [1.54, 1.807) is 7.11 Å². The molecule has 0 aromatic heterocycles. The molecule has 0 spiro atoms. The molecule has 1 aliphatic rings. The van der Waals surface area contributed by atoms with Gasteiger partial charge in [-0.05, 0) is 36.0 Å². The molecule has 0 radical (unpaired) electrons. The maximum atomic E-state index is 13.8. The molecule has 0 amide bonds. The van der Waals surface area contributed by atoms with Gasteiger partial charge in [0, 0.05) is 12.1 Å². The van der Waals surface area contributed by atoms with Gasteiger partial charge in [-0.3, -0.25) is 0 Å². The van der Waals surface area contributed by atoms with Gasteiger partial charge in [-0.15, -0.1) is 0 Å². The number of hydrogen-bond acceptors (Lipinski definition) is 2. The average Bonchev–Trinajstić information content (AvgIpc) is 2.23. The van der Waals surface area contributed by atoms with E-state index in [1.165, 1.54) is 6.07 Å². The molecular weight excluding hydrogens is 193 g/mol. The van der Waals surface area contributed by atoms with Crippen molar-refractivity contribution in [3.63, 3.8) is 0 Å². The fraction of sp³-hybridized carbons (Fsp3) is 0.500. The van der Waals surface area contributed by atoms with Gasteiger partial charge in [-0.2, -0.15) is 0 Å². The lowest BCUT2D eigenvalue weighted by Gasteiger charge is -2.28. The van der Waals surface area contributed by atoms with Crippen molar-refractivity contribution in [2.45, 2.75) is 31.7 Å². The van der Waals surface area contributed by atoms with Crippen LogP contribution in [0.1, 0.15) is 42.9 Å². The topological polar surface area (TPSA) is 35.2 Å². The Morgan fingerprint density at radius 1 is 1.40 bits per heavy atom. The summed E-state index contributed by atoms with van der Waals surface area (Å²) in [5.41, 5.74) is 7.66. The fourth-order valence-electron chi connectivity index (χ4n) is 2.29. The van der Waals surface area contributed by atoms with Crippen LogP contribution in [0.25, 0.3) is 0 Å². The van der Waals surface area contributed by atoms with Gasteiger partial charge < -0.3 is 10.5 Å². The van der Waals surface area contributed by atoms with Crippen LogP contribution in [0.3, 0.4) is 0 Å². The SMILES string of the molecule is COc1cc(F)c2c(c1)[C@@H](N)CCC2C. The molecule has 2 N–H and O–H groups in total. The molecule has 82 valence electrons. The maximum Gasteiger partial charge on any atom is 0.130 e. The molecule has 0 heterocycles. The first kappa shape index (κ1) is 10.4. The first-order chi connectivity index (χ1) is 7.13. The van der Waals surface area contributed by atoms with Crippen molar-refractivity contribution in [2.75, 3.05) is 7.11 Å². The van der Waals surface area contributed by atoms with Crippen molar-refractivity contribution in [2.24, 2.45) is 5.73 Å². The first-order valence-electron chi connectivity index (χ1n) is 5.26. The minimum Gasteiger partial charge on any atom is -0.497 e. The van der Waals surface area contributed by atoms with E-state index in [-0.39, 0.29) is 17.8 Å². The fourth-order valence-corrected chi connectivity index (χ4v) is 2.29. The molecule has 2 nitrogen and oxygen atoms in total. The third-order valence-corrected chi connectivity index (χ3v) is 3.17. The minimum atomic E-state index is -0.188. The molecule has 0 saturated carbocycles. The quantitative estimate of drug-likeness (QED) is 0.771. The molecule has 1 aromatic carbocycles. The molecular formula is C12H16FNO. The highest BCUT2D eigenvalue weighted by Crippen LogP contribution is 2.39. The monoisotopic (exact) mass is 209 g/mol. The van der Waals surface area contributed by atoms with Crippen molar-refractivity contribution < 1.29 is 9.13 Å². The summed E-state index contributed by atoms with van der Waals surface area (Å²) in [5, 5.41) is 0. The van der Waals surface area contributed by atoms with Crippen LogP contribution < -0.4 is 10.5 Å². The Labute approximate surface area is 89.2 Å². The molecule has 3 heteroatoms. The van der Waals surface area contributed by atoms with Crippen molar-refractivity contribution in [1.82, 2.24) is 0 Å². The molecule has 15 heavy (non-hydrogen) atoms. The van der Waals surface area contributed by atoms with Crippen molar-refractivity contribution in [3.05, 3.63) is 29.1 Å². The molecule has 2 atom stereocenters. The number of benzene rings is 1. The van der Waals surface area contributed by atoms with Gasteiger partial charge in [-0.25, -0.2) is 4.39 Å². The van der Waals surface area contributed by atoms with Crippen LogP contribution >= 0.6 is 0 Å². The third kappa shape index (κ3) is 1.72. The van der Waals surface area contributed by atoms with Crippen molar-refractivity contribution in [3.8, 4) is 5.75 Å². The summed E-state index contributed by atoms with van der Waals surface area (Å²) in [6.45, 7) is 2.04. The smallest absolute Gasteiger partial charge is 0.130 e. The lowest BCUT2D eigenvalue weighted by Crippen LogP contribution is -2.20. The zero-order chi connectivity index (χ0) is 11.0. The summed E-state index contributed by atoms with van der Waals surface area (Å²) < 4.78 is 18.9. The largest absolute Gasteiger partial charge is 0.497 e. The third-order valence-electron chi connectivity index (χ3n) is 3.17. The van der Waals surface area contributed by atoms with E-state index in [9.17, 15) is 4.39 Å². The van der Waals surface area contributed by atoms with E-state index in [0.29, 0.717) is 5.75 Å². The first-order valence-corrected chi connectivity index (χ1v) is 5.26. The number of halogens is 1. The number of ether oxygens (including phenoxy) is 1. The molecule has 1 unspecified atom stereocenters. The predicted octanol–water partition coefficient (Wildman–Crippen LogP) is 2.73. The van der Waals surface area contributed by atoms with Gasteiger partial charge >= 0.3 is 0 Å². The van der Waals surface area contributed by atoms with Crippen molar-refractivity contribution >= 4 is 0 Å². The summed E-state index contributed by atoms with van der Waals surface area (Å²) in [4.78, 5) is 0. The number of fused-ring (bicyclic) bond motifs is 1. The summed E-state index contributed by atoms with van der Waals surface area (Å²) >= 11 is 0. The van der Waals surface area contributed by atoms with E-state index in [0.717, 1.165) is 24.0 Å². The molecule has 0 aliphatic heterocycles. The number of hydrogen-bond donors (Lipinski definition) is 1. The van der Waals surface area contributed by atoms with Gasteiger partial charge in [0.1, 0.15) is 11.6 Å². The van der Waals surface area contributed by atoms with Gasteiger partial charge in [0.15, 0.2) is 0 Å². The zero-order valence-electron chi connectivity index (χ0n) is 9.09. The number of nitrogens with two attached hydrogens (primary N) is 1. The Morgan fingerprint density at radius 2 is 2.13 bits per heavy atom.